The van der Waals surface area contributed by atoms with Gasteiger partial charge in [-0.1, -0.05) is 11.8 Å². The van der Waals surface area contributed by atoms with E-state index in [1.807, 2.05) is 0 Å². The fraction of sp³-hybridized carbons (Fsp3) is 0.609. The minimum Gasteiger partial charge on any atom is -0.484 e. The fourth-order valence-electron chi connectivity index (χ4n) is 6.30. The molecule has 0 spiro atoms. The molecule has 4 bridgehead atoms. The van der Waals surface area contributed by atoms with Crippen LogP contribution in [0.3, 0.4) is 0 Å². The lowest BCUT2D eigenvalue weighted by Crippen LogP contribution is -2.56. The first-order valence-corrected chi connectivity index (χ1v) is 12.1. The van der Waals surface area contributed by atoms with Crippen LogP contribution in [0.1, 0.15) is 51.3 Å². The highest BCUT2D eigenvalue weighted by Gasteiger charge is 2.53. The zero-order valence-electron chi connectivity index (χ0n) is 17.7. The zero-order chi connectivity index (χ0) is 21.4. The van der Waals surface area contributed by atoms with Crippen LogP contribution < -0.4 is 10.1 Å². The van der Waals surface area contributed by atoms with E-state index in [1.165, 1.54) is 74.6 Å². The zero-order valence-corrected chi connectivity index (χ0v) is 18.5. The summed E-state index contributed by atoms with van der Waals surface area (Å²) < 4.78 is 24.0. The number of halogens is 1. The molecule has 4 aliphatic carbocycles. The molecule has 1 heterocycles. The number of aromatic nitrogens is 2. The van der Waals surface area contributed by atoms with Crippen LogP contribution in [0.5, 0.6) is 5.75 Å². The van der Waals surface area contributed by atoms with Gasteiger partial charge in [-0.2, -0.15) is 0 Å². The Morgan fingerprint density at radius 1 is 1.19 bits per heavy atom. The fourth-order valence-corrected chi connectivity index (χ4v) is 6.89. The van der Waals surface area contributed by atoms with Crippen molar-refractivity contribution in [1.29, 1.82) is 0 Å². The molecular weight excluding hydrogens is 417 g/mol. The van der Waals surface area contributed by atoms with Crippen molar-refractivity contribution in [3.8, 4) is 5.75 Å². The van der Waals surface area contributed by atoms with Gasteiger partial charge in [0, 0.05) is 6.04 Å². The number of hydrogen-bond acceptors (Lipinski definition) is 6. The van der Waals surface area contributed by atoms with Gasteiger partial charge in [0.25, 0.3) is 11.1 Å². The summed E-state index contributed by atoms with van der Waals surface area (Å²) in [7, 11) is 0. The van der Waals surface area contributed by atoms with E-state index >= 15 is 0 Å². The second-order valence-electron chi connectivity index (χ2n) is 9.56. The average molecular weight is 446 g/mol. The van der Waals surface area contributed by atoms with Gasteiger partial charge in [-0.3, -0.25) is 4.79 Å². The Hall–Kier alpha value is -2.09. The highest BCUT2D eigenvalue weighted by molar-refractivity contribution is 7.99. The molecule has 1 aromatic carbocycles. The Labute approximate surface area is 185 Å². The van der Waals surface area contributed by atoms with Crippen molar-refractivity contribution < 1.29 is 18.3 Å². The van der Waals surface area contributed by atoms with E-state index in [0.717, 1.165) is 17.8 Å². The maximum Gasteiger partial charge on any atom is 0.277 e. The molecule has 1 amide bonds. The predicted octanol–water partition coefficient (Wildman–Crippen LogP) is 4.60. The molecule has 4 fully saturated rings. The third-order valence-electron chi connectivity index (χ3n) is 7.33. The number of carbonyl (C=O) groups is 1. The maximum atomic E-state index is 12.9. The molecule has 6 nitrogen and oxygen atoms in total. The minimum atomic E-state index is -0.320. The minimum absolute atomic E-state index is 0.00978. The molecule has 8 heteroatoms. The number of nitrogens with zero attached hydrogens (tertiary/aromatic N) is 2. The maximum absolute atomic E-state index is 12.9. The summed E-state index contributed by atoms with van der Waals surface area (Å²) in [5.74, 6) is 3.38. The number of ether oxygens (including phenoxy) is 1. The number of carbonyl (C=O) groups excluding carboxylic acids is 1. The van der Waals surface area contributed by atoms with Crippen molar-refractivity contribution in [2.24, 2.45) is 23.2 Å². The molecule has 0 saturated heterocycles. The third-order valence-corrected chi connectivity index (χ3v) is 8.15. The van der Waals surface area contributed by atoms with Crippen molar-refractivity contribution in [1.82, 2.24) is 15.5 Å². The van der Waals surface area contributed by atoms with Crippen molar-refractivity contribution in [2.75, 3.05) is 5.75 Å². The standard InChI is InChI=1S/C23H28FN3O3S/c1-14(23-9-15-6-16(10-23)8-17(7-15)11-23)25-20(28)13-31-22-27-26-21(30-22)12-29-19-4-2-18(24)3-5-19/h2-5,14-17H,6-13H2,1H3,(H,25,28)/t14-,15?,16?,17?,23?/m0/s1. The van der Waals surface area contributed by atoms with Gasteiger partial charge in [0.05, 0.1) is 5.75 Å². The normalized spacial score (nSPS) is 29.7. The van der Waals surface area contributed by atoms with E-state index in [-0.39, 0.29) is 30.1 Å². The molecule has 0 aliphatic heterocycles. The number of nitrogens with one attached hydrogen (secondary N) is 1. The molecule has 1 N–H and O–H groups in total. The highest BCUT2D eigenvalue weighted by Crippen LogP contribution is 2.61. The Morgan fingerprint density at radius 2 is 1.84 bits per heavy atom. The molecule has 6 rings (SSSR count). The van der Waals surface area contributed by atoms with Crippen LogP contribution in [-0.4, -0.2) is 27.9 Å². The smallest absolute Gasteiger partial charge is 0.277 e. The second-order valence-corrected chi connectivity index (χ2v) is 10.5. The summed E-state index contributed by atoms with van der Waals surface area (Å²) in [5, 5.41) is 11.5. The van der Waals surface area contributed by atoms with Crippen LogP contribution in [0.15, 0.2) is 33.9 Å². The predicted molar refractivity (Wildman–Crippen MR) is 114 cm³/mol. The van der Waals surface area contributed by atoms with Gasteiger partial charge in [0.15, 0.2) is 6.61 Å². The summed E-state index contributed by atoms with van der Waals surface area (Å²) in [6.45, 7) is 2.28. The Morgan fingerprint density at radius 3 is 2.48 bits per heavy atom. The monoisotopic (exact) mass is 445 g/mol. The van der Waals surface area contributed by atoms with Gasteiger partial charge >= 0.3 is 0 Å². The first-order chi connectivity index (χ1) is 15.0. The van der Waals surface area contributed by atoms with Gasteiger partial charge < -0.3 is 14.5 Å². The Kier molecular flexibility index (Phi) is 5.67. The van der Waals surface area contributed by atoms with Gasteiger partial charge in [0.2, 0.25) is 5.91 Å². The molecule has 2 aromatic rings. The van der Waals surface area contributed by atoms with Crippen LogP contribution in [0, 0.1) is 29.0 Å². The number of amides is 1. The van der Waals surface area contributed by atoms with Crippen LogP contribution in [0.4, 0.5) is 4.39 Å². The molecule has 1 atom stereocenters. The van der Waals surface area contributed by atoms with E-state index in [4.69, 9.17) is 9.15 Å². The summed E-state index contributed by atoms with van der Waals surface area (Å²) in [6, 6.07) is 5.94. The lowest BCUT2D eigenvalue weighted by atomic mass is 9.48. The van der Waals surface area contributed by atoms with E-state index in [1.54, 1.807) is 0 Å². The molecule has 0 unspecified atom stereocenters. The Balaban J connectivity index is 1.09. The first-order valence-electron chi connectivity index (χ1n) is 11.1. The number of benzene rings is 1. The van der Waals surface area contributed by atoms with Crippen LogP contribution in [0.2, 0.25) is 0 Å². The molecule has 1 aromatic heterocycles. The molecule has 4 saturated carbocycles. The third kappa shape index (κ3) is 4.59. The topological polar surface area (TPSA) is 77.2 Å². The van der Waals surface area contributed by atoms with Crippen LogP contribution in [-0.2, 0) is 11.4 Å². The van der Waals surface area contributed by atoms with Crippen molar-refractivity contribution >= 4 is 17.7 Å². The lowest BCUT2D eigenvalue weighted by Gasteiger charge is -2.59. The van der Waals surface area contributed by atoms with Gasteiger partial charge in [0.1, 0.15) is 11.6 Å². The molecule has 4 aliphatic rings. The van der Waals surface area contributed by atoms with E-state index in [2.05, 4.69) is 22.4 Å². The SMILES string of the molecule is C[C@H](NC(=O)CSc1nnc(COc2ccc(F)cc2)o1)C12CC3CC(CC(C3)C1)C2. The van der Waals surface area contributed by atoms with Crippen molar-refractivity contribution in [2.45, 2.75) is 63.3 Å². The Bertz CT molecular complexity index is 897. The number of hydrogen-bond donors (Lipinski definition) is 1. The van der Waals surface area contributed by atoms with Gasteiger partial charge in [-0.05, 0) is 92.9 Å². The van der Waals surface area contributed by atoms with Crippen molar-refractivity contribution in [3.05, 3.63) is 36.0 Å². The quantitative estimate of drug-likeness (QED) is 0.599. The molecule has 31 heavy (non-hydrogen) atoms. The highest BCUT2D eigenvalue weighted by atomic mass is 32.2. The largest absolute Gasteiger partial charge is 0.484 e. The summed E-state index contributed by atoms with van der Waals surface area (Å²) >= 11 is 1.23. The van der Waals surface area contributed by atoms with E-state index in [9.17, 15) is 9.18 Å². The summed E-state index contributed by atoms with van der Waals surface area (Å²) in [5.41, 5.74) is 0.296. The van der Waals surface area contributed by atoms with E-state index < -0.39 is 0 Å². The van der Waals surface area contributed by atoms with Gasteiger partial charge in [-0.15, -0.1) is 10.2 Å². The number of rotatable bonds is 8. The summed E-state index contributed by atoms with van der Waals surface area (Å²) in [6.07, 6.45) is 8.03. The average Bonchev–Trinajstić information content (AvgIpc) is 3.19. The molecule has 166 valence electrons. The summed E-state index contributed by atoms with van der Waals surface area (Å²) in [4.78, 5) is 12.6. The van der Waals surface area contributed by atoms with Crippen molar-refractivity contribution in [3.63, 3.8) is 0 Å². The lowest BCUT2D eigenvalue weighted by molar-refractivity contribution is -0.123. The molecular formula is C23H28FN3O3S. The second kappa shape index (κ2) is 8.45. The first kappa shape index (κ1) is 20.8. The van der Waals surface area contributed by atoms with Crippen LogP contribution in [0.25, 0.3) is 0 Å². The van der Waals surface area contributed by atoms with Gasteiger partial charge in [-0.25, -0.2) is 4.39 Å². The van der Waals surface area contributed by atoms with Crippen LogP contribution >= 0.6 is 11.8 Å². The molecule has 0 radical (unpaired) electrons. The number of thioether (sulfide) groups is 1. The van der Waals surface area contributed by atoms with E-state index in [0.29, 0.717) is 22.3 Å².